The van der Waals surface area contributed by atoms with Gasteiger partial charge in [0.1, 0.15) is 0 Å². The molecule has 0 heterocycles. The molecule has 0 aromatic heterocycles. The SMILES string of the molecule is CC=CCl.NCl. The van der Waals surface area contributed by atoms with E-state index in [-0.39, 0.29) is 0 Å². The van der Waals surface area contributed by atoms with Gasteiger partial charge in [0, 0.05) is 0 Å². The van der Waals surface area contributed by atoms with E-state index < -0.39 is 0 Å². The molecule has 2 N–H and O–H groups in total. The van der Waals surface area contributed by atoms with Gasteiger partial charge in [-0.15, -0.1) is 0 Å². The lowest BCUT2D eigenvalue weighted by Gasteiger charge is -1.46. The van der Waals surface area contributed by atoms with Crippen molar-refractivity contribution in [3.63, 3.8) is 0 Å². The van der Waals surface area contributed by atoms with Crippen molar-refractivity contribution in [1.29, 1.82) is 0 Å². The second kappa shape index (κ2) is 18.6. The number of hydrogen-bond donors (Lipinski definition) is 1. The van der Waals surface area contributed by atoms with Gasteiger partial charge in [-0.1, -0.05) is 17.7 Å². The Hall–Kier alpha value is 0.280. The molecular weight excluding hydrogens is 121 g/mol. The summed E-state index contributed by atoms with van der Waals surface area (Å²) in [5.41, 5.74) is 1.47. The van der Waals surface area contributed by atoms with Crippen LogP contribution in [0.3, 0.4) is 0 Å². The topological polar surface area (TPSA) is 26.0 Å². The molecule has 0 aromatic rings. The van der Waals surface area contributed by atoms with Gasteiger partial charge in [0.15, 0.2) is 0 Å². The lowest BCUT2D eigenvalue weighted by Crippen LogP contribution is -1.48. The maximum Gasteiger partial charge on any atom is -0.0000330 e. The lowest BCUT2D eigenvalue weighted by molar-refractivity contribution is 1.78. The van der Waals surface area contributed by atoms with Crippen LogP contribution in [-0.4, -0.2) is 0 Å². The highest BCUT2D eigenvalue weighted by Crippen LogP contribution is 1.70. The maximum absolute atomic E-state index is 5.01. The lowest BCUT2D eigenvalue weighted by atomic mass is 10.8. The molecule has 0 aliphatic heterocycles. The summed E-state index contributed by atoms with van der Waals surface area (Å²) in [5.74, 6) is 0. The van der Waals surface area contributed by atoms with E-state index in [1.807, 2.05) is 6.92 Å². The fourth-order valence-corrected chi connectivity index (χ4v) is 0. The first-order valence-corrected chi connectivity index (χ1v) is 2.22. The van der Waals surface area contributed by atoms with Crippen LogP contribution in [0.2, 0.25) is 0 Å². The van der Waals surface area contributed by atoms with Gasteiger partial charge < -0.3 is 0 Å². The number of hydrogen-bond acceptors (Lipinski definition) is 1. The molecule has 0 amide bonds. The third kappa shape index (κ3) is 28.1. The van der Waals surface area contributed by atoms with E-state index >= 15 is 0 Å². The first-order valence-electron chi connectivity index (χ1n) is 1.35. The molecule has 0 fully saturated rings. The molecule has 3 heteroatoms. The highest BCUT2D eigenvalue weighted by Gasteiger charge is 1.37. The van der Waals surface area contributed by atoms with E-state index in [1.54, 1.807) is 6.08 Å². The molecule has 38 valence electrons. The zero-order chi connectivity index (χ0) is 5.41. The van der Waals surface area contributed by atoms with Crippen molar-refractivity contribution in [1.82, 2.24) is 0 Å². The Morgan fingerprint density at radius 1 is 1.50 bits per heavy atom. The van der Waals surface area contributed by atoms with Crippen molar-refractivity contribution in [3.8, 4) is 0 Å². The smallest absolute Gasteiger partial charge is 0.0000330 e. The van der Waals surface area contributed by atoms with Gasteiger partial charge >= 0.3 is 0 Å². The summed E-state index contributed by atoms with van der Waals surface area (Å²) >= 11 is 9.14. The van der Waals surface area contributed by atoms with E-state index in [2.05, 4.69) is 17.0 Å². The van der Waals surface area contributed by atoms with E-state index in [4.69, 9.17) is 11.6 Å². The van der Waals surface area contributed by atoms with Crippen molar-refractivity contribution in [2.75, 3.05) is 0 Å². The zero-order valence-corrected chi connectivity index (χ0v) is 5.00. The molecule has 1 nitrogen and oxygen atoms in total. The molecule has 0 unspecified atom stereocenters. The summed E-state index contributed by atoms with van der Waals surface area (Å²) < 4.78 is 0. The minimum atomic E-state index is 1.47. The summed E-state index contributed by atoms with van der Waals surface area (Å²) in [6.45, 7) is 1.87. The van der Waals surface area contributed by atoms with Gasteiger partial charge in [0.2, 0.25) is 0 Å². The standard InChI is InChI=1S/C3H5Cl.ClH2N/c1-2-3-4;1-2/h2-3H,1H3;2H2. The molecule has 0 saturated carbocycles. The zero-order valence-electron chi connectivity index (χ0n) is 3.49. The third-order valence-corrected chi connectivity index (χ3v) is 0.378. The van der Waals surface area contributed by atoms with Crippen molar-refractivity contribution in [2.45, 2.75) is 6.92 Å². The van der Waals surface area contributed by atoms with Crippen LogP contribution in [0, 0.1) is 0 Å². The summed E-state index contributed by atoms with van der Waals surface area (Å²) in [5, 5.41) is 3.97. The van der Waals surface area contributed by atoms with Gasteiger partial charge in [-0.25, -0.2) is 5.25 Å². The first-order chi connectivity index (χ1) is 2.91. The summed E-state index contributed by atoms with van der Waals surface area (Å²) in [6, 6.07) is 0. The molecular formula is C3H7Cl2N. The molecule has 0 saturated heterocycles. The monoisotopic (exact) mass is 127 g/mol. The third-order valence-electron chi connectivity index (χ3n) is 0.126. The normalized spacial score (nSPS) is 7.33. The Balaban J connectivity index is 0. The predicted molar refractivity (Wildman–Crippen MR) is 30.7 cm³/mol. The number of rotatable bonds is 0. The number of halogens is 2. The highest BCUT2D eigenvalue weighted by molar-refractivity contribution is 6.25. The Morgan fingerprint density at radius 3 is 1.67 bits per heavy atom. The van der Waals surface area contributed by atoms with Gasteiger partial charge in [0.25, 0.3) is 0 Å². The summed E-state index contributed by atoms with van der Waals surface area (Å²) in [4.78, 5) is 0. The van der Waals surface area contributed by atoms with Gasteiger partial charge in [-0.05, 0) is 24.2 Å². The van der Waals surface area contributed by atoms with Crippen molar-refractivity contribution in [2.24, 2.45) is 5.25 Å². The first kappa shape index (κ1) is 9.56. The molecule has 0 aromatic carbocycles. The largest absolute Gasteiger partial charge is 0.247 e. The Kier molecular flexibility index (Phi) is 29.6. The highest BCUT2D eigenvalue weighted by atomic mass is 35.5. The predicted octanol–water partition coefficient (Wildman–Crippen LogP) is 1.86. The van der Waals surface area contributed by atoms with Crippen LogP contribution in [0.25, 0.3) is 0 Å². The van der Waals surface area contributed by atoms with Crippen LogP contribution < -0.4 is 5.25 Å². The molecule has 6 heavy (non-hydrogen) atoms. The Labute approximate surface area is 47.8 Å². The van der Waals surface area contributed by atoms with Crippen LogP contribution in [-0.2, 0) is 0 Å². The second-order valence-electron chi connectivity index (χ2n) is 0.459. The van der Waals surface area contributed by atoms with E-state index in [0.29, 0.717) is 0 Å². The van der Waals surface area contributed by atoms with E-state index in [0.717, 1.165) is 0 Å². The fourth-order valence-electron chi connectivity index (χ4n) is 0. The average Bonchev–Trinajstić information content (AvgIpc) is 1.72. The number of allylic oxidation sites excluding steroid dienone is 1. The molecule has 0 radical (unpaired) electrons. The minimum absolute atomic E-state index is 1.47. The summed E-state index contributed by atoms with van der Waals surface area (Å²) in [7, 11) is 0. The Morgan fingerprint density at radius 2 is 1.67 bits per heavy atom. The number of nitrogens with two attached hydrogens (primary N) is 1. The molecule has 0 aliphatic rings. The van der Waals surface area contributed by atoms with Crippen LogP contribution in [0.15, 0.2) is 11.6 Å². The van der Waals surface area contributed by atoms with Crippen molar-refractivity contribution in [3.05, 3.63) is 11.6 Å². The van der Waals surface area contributed by atoms with Crippen LogP contribution in [0.4, 0.5) is 0 Å². The van der Waals surface area contributed by atoms with E-state index in [1.165, 1.54) is 5.54 Å². The van der Waals surface area contributed by atoms with Crippen LogP contribution in [0.5, 0.6) is 0 Å². The Bertz CT molecular complexity index is 24.0. The molecule has 0 spiro atoms. The van der Waals surface area contributed by atoms with Crippen LogP contribution in [0.1, 0.15) is 6.92 Å². The molecule has 0 rings (SSSR count). The van der Waals surface area contributed by atoms with Gasteiger partial charge in [-0.2, -0.15) is 0 Å². The minimum Gasteiger partial charge on any atom is -0.247 e. The molecule has 0 atom stereocenters. The van der Waals surface area contributed by atoms with Crippen molar-refractivity contribution < 1.29 is 0 Å². The summed E-state index contributed by atoms with van der Waals surface area (Å²) in [6.07, 6.45) is 1.77. The van der Waals surface area contributed by atoms with Crippen molar-refractivity contribution >= 4 is 23.4 Å². The van der Waals surface area contributed by atoms with Gasteiger partial charge in [0.05, 0.1) is 0 Å². The molecule has 0 bridgehead atoms. The molecule has 0 aliphatic carbocycles. The fraction of sp³-hybridized carbons (Fsp3) is 0.333. The quantitative estimate of drug-likeness (QED) is 0.495. The second-order valence-corrected chi connectivity index (χ2v) is 0.711. The maximum atomic E-state index is 5.01. The van der Waals surface area contributed by atoms with E-state index in [9.17, 15) is 0 Å². The van der Waals surface area contributed by atoms with Gasteiger partial charge in [-0.3, -0.25) is 0 Å². The van der Waals surface area contributed by atoms with Crippen LogP contribution >= 0.6 is 23.4 Å². The average molecular weight is 128 g/mol.